The summed E-state index contributed by atoms with van der Waals surface area (Å²) in [6.07, 6.45) is 1.45. The van der Waals surface area contributed by atoms with Crippen LogP contribution in [0.1, 0.15) is 29.0 Å². The van der Waals surface area contributed by atoms with Crippen LogP contribution in [0.5, 0.6) is 0 Å². The number of nitrogens with one attached hydrogen (secondary N) is 2. The lowest BCUT2D eigenvalue weighted by molar-refractivity contribution is 0.0934. The van der Waals surface area contributed by atoms with E-state index < -0.39 is 6.04 Å². The lowest BCUT2D eigenvalue weighted by Crippen LogP contribution is -2.28. The van der Waals surface area contributed by atoms with Crippen LogP contribution in [0.15, 0.2) is 42.6 Å². The highest BCUT2D eigenvalue weighted by Gasteiger charge is 2.15. The fourth-order valence-electron chi connectivity index (χ4n) is 1.79. The molecule has 5 nitrogen and oxygen atoms in total. The van der Waals surface area contributed by atoms with E-state index >= 15 is 0 Å². The van der Waals surface area contributed by atoms with Crippen LogP contribution in [0, 0.1) is 5.82 Å². The minimum Gasteiger partial charge on any atom is -0.344 e. The van der Waals surface area contributed by atoms with Gasteiger partial charge in [-0.25, -0.2) is 9.37 Å². The summed E-state index contributed by atoms with van der Waals surface area (Å²) in [6.45, 7) is 1.71. The number of hydrogen-bond donors (Lipinski definition) is 3. The van der Waals surface area contributed by atoms with Crippen LogP contribution < -0.4 is 16.6 Å². The number of nitrogens with zero attached hydrogens (tertiary/aromatic N) is 1. The van der Waals surface area contributed by atoms with Crippen LogP contribution >= 0.6 is 0 Å². The fourth-order valence-corrected chi connectivity index (χ4v) is 1.79. The Morgan fingerprint density at radius 2 is 2.05 bits per heavy atom. The van der Waals surface area contributed by atoms with Gasteiger partial charge in [0.1, 0.15) is 11.5 Å². The van der Waals surface area contributed by atoms with E-state index in [4.69, 9.17) is 5.84 Å². The number of anilines is 1. The number of hydrogen-bond acceptors (Lipinski definition) is 4. The second-order valence-corrected chi connectivity index (χ2v) is 4.29. The van der Waals surface area contributed by atoms with Crippen molar-refractivity contribution in [3.8, 4) is 0 Å². The highest BCUT2D eigenvalue weighted by Crippen LogP contribution is 2.16. The molecular formula is C14H15FN4O. The van der Waals surface area contributed by atoms with Gasteiger partial charge in [-0.3, -0.25) is 10.6 Å². The summed E-state index contributed by atoms with van der Waals surface area (Å²) in [6, 6.07) is 9.05. The summed E-state index contributed by atoms with van der Waals surface area (Å²) in [5, 5.41) is 2.70. The molecule has 2 rings (SSSR count). The molecule has 0 saturated carbocycles. The topological polar surface area (TPSA) is 80.0 Å². The molecule has 1 aromatic heterocycles. The van der Waals surface area contributed by atoms with E-state index in [0.717, 1.165) is 0 Å². The molecule has 0 saturated heterocycles. The maximum Gasteiger partial charge on any atom is 0.270 e. The highest BCUT2D eigenvalue weighted by atomic mass is 19.1. The van der Waals surface area contributed by atoms with Crippen molar-refractivity contribution in [1.82, 2.24) is 10.3 Å². The number of hydrazine groups is 1. The van der Waals surface area contributed by atoms with E-state index in [-0.39, 0.29) is 17.4 Å². The van der Waals surface area contributed by atoms with E-state index in [9.17, 15) is 9.18 Å². The Hall–Kier alpha value is -2.47. The standard InChI is InChI=1S/C14H15FN4O/c1-9(11-4-2-3-5-12(11)15)18-14(20)13-7-6-10(19-16)8-17-13/h2-9,19H,16H2,1H3,(H,18,20). The van der Waals surface area contributed by atoms with Gasteiger partial charge < -0.3 is 10.7 Å². The average Bonchev–Trinajstić information content (AvgIpc) is 2.47. The Labute approximate surface area is 116 Å². The zero-order chi connectivity index (χ0) is 14.5. The first-order chi connectivity index (χ1) is 9.61. The Morgan fingerprint density at radius 1 is 1.30 bits per heavy atom. The van der Waals surface area contributed by atoms with Crippen molar-refractivity contribution >= 4 is 11.6 Å². The molecule has 0 spiro atoms. The maximum absolute atomic E-state index is 13.6. The molecule has 2 aromatic rings. The minimum absolute atomic E-state index is 0.243. The van der Waals surface area contributed by atoms with Gasteiger partial charge in [0.05, 0.1) is 17.9 Å². The molecule has 1 unspecified atom stereocenters. The number of carbonyl (C=O) groups excluding carboxylic acids is 1. The summed E-state index contributed by atoms with van der Waals surface area (Å²) in [7, 11) is 0. The molecule has 0 aliphatic heterocycles. The largest absolute Gasteiger partial charge is 0.344 e. The van der Waals surface area contributed by atoms with Crippen molar-refractivity contribution in [2.75, 3.05) is 5.43 Å². The summed E-state index contributed by atoms with van der Waals surface area (Å²) in [5.74, 6) is 4.50. The SMILES string of the molecule is CC(NC(=O)c1ccc(NN)cn1)c1ccccc1F. The van der Waals surface area contributed by atoms with E-state index in [1.54, 1.807) is 37.3 Å². The number of rotatable bonds is 4. The summed E-state index contributed by atoms with van der Waals surface area (Å²) >= 11 is 0. The van der Waals surface area contributed by atoms with E-state index in [0.29, 0.717) is 11.3 Å². The molecular weight excluding hydrogens is 259 g/mol. The van der Waals surface area contributed by atoms with Crippen molar-refractivity contribution < 1.29 is 9.18 Å². The van der Waals surface area contributed by atoms with Gasteiger partial charge in [0, 0.05) is 5.56 Å². The molecule has 0 aliphatic rings. The van der Waals surface area contributed by atoms with Crippen molar-refractivity contribution in [3.63, 3.8) is 0 Å². The summed E-state index contributed by atoms with van der Waals surface area (Å²) in [4.78, 5) is 16.0. The fraction of sp³-hybridized carbons (Fsp3) is 0.143. The van der Waals surface area contributed by atoms with Gasteiger partial charge in [-0.2, -0.15) is 0 Å². The van der Waals surface area contributed by atoms with Gasteiger partial charge in [0.2, 0.25) is 0 Å². The first-order valence-electron chi connectivity index (χ1n) is 6.09. The van der Waals surface area contributed by atoms with E-state index in [2.05, 4.69) is 15.7 Å². The van der Waals surface area contributed by atoms with Crippen LogP contribution in [0.2, 0.25) is 0 Å². The lowest BCUT2D eigenvalue weighted by Gasteiger charge is -2.14. The number of amides is 1. The van der Waals surface area contributed by atoms with Crippen LogP contribution in [0.3, 0.4) is 0 Å². The third-order valence-electron chi connectivity index (χ3n) is 2.88. The zero-order valence-corrected chi connectivity index (χ0v) is 10.9. The number of halogens is 1. The molecule has 0 radical (unpaired) electrons. The van der Waals surface area contributed by atoms with Crippen molar-refractivity contribution in [1.29, 1.82) is 0 Å². The van der Waals surface area contributed by atoms with Gasteiger partial charge in [0.15, 0.2) is 0 Å². The molecule has 1 amide bonds. The quantitative estimate of drug-likeness (QED) is 0.588. The Kier molecular flexibility index (Phi) is 4.27. The van der Waals surface area contributed by atoms with Crippen LogP contribution in [-0.2, 0) is 0 Å². The maximum atomic E-state index is 13.6. The van der Waals surface area contributed by atoms with Gasteiger partial charge >= 0.3 is 0 Å². The second-order valence-electron chi connectivity index (χ2n) is 4.29. The van der Waals surface area contributed by atoms with Crippen LogP contribution in [-0.4, -0.2) is 10.9 Å². The van der Waals surface area contributed by atoms with Gasteiger partial charge in [-0.1, -0.05) is 18.2 Å². The first-order valence-corrected chi connectivity index (χ1v) is 6.09. The highest BCUT2D eigenvalue weighted by molar-refractivity contribution is 5.92. The van der Waals surface area contributed by atoms with Gasteiger partial charge in [0.25, 0.3) is 5.91 Å². The summed E-state index contributed by atoms with van der Waals surface area (Å²) in [5.41, 5.74) is 3.70. The Morgan fingerprint density at radius 3 is 2.65 bits per heavy atom. The number of nitrogens with two attached hydrogens (primary N) is 1. The number of aromatic nitrogens is 1. The Bertz CT molecular complexity index is 600. The molecule has 0 bridgehead atoms. The van der Waals surface area contributed by atoms with Crippen LogP contribution in [0.25, 0.3) is 0 Å². The molecule has 0 fully saturated rings. The molecule has 1 heterocycles. The molecule has 0 aliphatic carbocycles. The normalized spacial score (nSPS) is 11.8. The number of benzene rings is 1. The van der Waals surface area contributed by atoms with E-state index in [1.807, 2.05) is 0 Å². The number of nitrogen functional groups attached to an aromatic ring is 1. The van der Waals surface area contributed by atoms with E-state index in [1.165, 1.54) is 12.3 Å². The smallest absolute Gasteiger partial charge is 0.270 e. The first kappa shape index (κ1) is 14.0. The number of pyridine rings is 1. The van der Waals surface area contributed by atoms with Crippen molar-refractivity contribution in [3.05, 3.63) is 59.7 Å². The molecule has 1 aromatic carbocycles. The third kappa shape index (κ3) is 3.10. The summed E-state index contributed by atoms with van der Waals surface area (Å²) < 4.78 is 13.6. The lowest BCUT2D eigenvalue weighted by atomic mass is 10.1. The van der Waals surface area contributed by atoms with Crippen molar-refractivity contribution in [2.45, 2.75) is 13.0 Å². The second kappa shape index (κ2) is 6.12. The molecule has 6 heteroatoms. The molecule has 1 atom stereocenters. The van der Waals surface area contributed by atoms with Gasteiger partial charge in [-0.05, 0) is 25.1 Å². The van der Waals surface area contributed by atoms with Crippen LogP contribution in [0.4, 0.5) is 10.1 Å². The predicted octanol–water partition coefficient (Wildman–Crippen LogP) is 2.00. The van der Waals surface area contributed by atoms with Gasteiger partial charge in [-0.15, -0.1) is 0 Å². The minimum atomic E-state index is -0.446. The third-order valence-corrected chi connectivity index (χ3v) is 2.88. The zero-order valence-electron chi connectivity index (χ0n) is 10.9. The molecule has 20 heavy (non-hydrogen) atoms. The van der Waals surface area contributed by atoms with Crippen molar-refractivity contribution in [2.24, 2.45) is 5.84 Å². The number of carbonyl (C=O) groups is 1. The molecule has 4 N–H and O–H groups in total. The molecule has 104 valence electrons. The Balaban J connectivity index is 2.09. The average molecular weight is 274 g/mol. The monoisotopic (exact) mass is 274 g/mol. The predicted molar refractivity (Wildman–Crippen MR) is 74.3 cm³/mol.